The van der Waals surface area contributed by atoms with Crippen LogP contribution < -0.4 is 0 Å². The fourth-order valence-corrected chi connectivity index (χ4v) is 5.21. The van der Waals surface area contributed by atoms with Gasteiger partial charge in [0.05, 0.1) is 0 Å². The summed E-state index contributed by atoms with van der Waals surface area (Å²) in [5.74, 6) is 0. The van der Waals surface area contributed by atoms with Crippen LogP contribution in [0.1, 0.15) is 158 Å². The number of rotatable bonds is 20. The third-order valence-electron chi connectivity index (χ3n) is 6.67. The standard InChI is InChI=1S/C27H57N/c1-8-11-12-13-14-15-16-17-18-19-20-21-22-25-28(26(4,5)23-9-2)27(6,7)24-10-3/h8-25H2,1-7H3. The Hall–Kier alpha value is -0.0400. The third kappa shape index (κ3) is 13.2. The highest BCUT2D eigenvalue weighted by molar-refractivity contribution is 4.92. The molecule has 0 saturated carbocycles. The van der Waals surface area contributed by atoms with Crippen LogP contribution in [0.2, 0.25) is 0 Å². The zero-order valence-electron chi connectivity index (χ0n) is 21.2. The van der Waals surface area contributed by atoms with Crippen molar-refractivity contribution < 1.29 is 0 Å². The molecule has 0 fully saturated rings. The molecule has 1 heteroatoms. The summed E-state index contributed by atoms with van der Waals surface area (Å²) in [7, 11) is 0. The Kier molecular flexibility index (Phi) is 16.7. The maximum atomic E-state index is 2.84. The third-order valence-corrected chi connectivity index (χ3v) is 6.67. The molecule has 0 aromatic heterocycles. The first-order valence-electron chi connectivity index (χ1n) is 13.1. The van der Waals surface area contributed by atoms with E-state index in [1.807, 2.05) is 0 Å². The van der Waals surface area contributed by atoms with E-state index in [2.05, 4.69) is 53.4 Å². The van der Waals surface area contributed by atoms with Gasteiger partial charge in [-0.25, -0.2) is 0 Å². The van der Waals surface area contributed by atoms with E-state index in [-0.39, 0.29) is 0 Å². The van der Waals surface area contributed by atoms with Crippen LogP contribution in [0.4, 0.5) is 0 Å². The van der Waals surface area contributed by atoms with Crippen LogP contribution in [0.5, 0.6) is 0 Å². The predicted octanol–water partition coefficient (Wildman–Crippen LogP) is 9.54. The van der Waals surface area contributed by atoms with Gasteiger partial charge >= 0.3 is 0 Å². The Balaban J connectivity index is 3.94. The van der Waals surface area contributed by atoms with Crippen molar-refractivity contribution in [3.05, 3.63) is 0 Å². The number of nitrogens with zero attached hydrogens (tertiary/aromatic N) is 1. The number of hydrogen-bond acceptors (Lipinski definition) is 1. The van der Waals surface area contributed by atoms with Gasteiger partial charge in [0, 0.05) is 11.1 Å². The second kappa shape index (κ2) is 16.7. The molecule has 0 aliphatic rings. The topological polar surface area (TPSA) is 3.24 Å². The van der Waals surface area contributed by atoms with Gasteiger partial charge in [-0.2, -0.15) is 0 Å². The van der Waals surface area contributed by atoms with Crippen LogP contribution in [0.3, 0.4) is 0 Å². The van der Waals surface area contributed by atoms with Crippen LogP contribution in [-0.2, 0) is 0 Å². The molecule has 1 nitrogen and oxygen atoms in total. The Morgan fingerprint density at radius 3 is 1.07 bits per heavy atom. The van der Waals surface area contributed by atoms with E-state index in [0.717, 1.165) is 0 Å². The quantitative estimate of drug-likeness (QED) is 0.185. The average molecular weight is 396 g/mol. The highest BCUT2D eigenvalue weighted by atomic mass is 15.2. The van der Waals surface area contributed by atoms with Crippen molar-refractivity contribution in [2.45, 2.75) is 169 Å². The van der Waals surface area contributed by atoms with E-state index in [0.29, 0.717) is 11.1 Å². The second-order valence-electron chi connectivity index (χ2n) is 10.5. The maximum Gasteiger partial charge on any atom is 0.0158 e. The zero-order valence-corrected chi connectivity index (χ0v) is 21.2. The lowest BCUT2D eigenvalue weighted by Gasteiger charge is -2.49. The molecule has 0 N–H and O–H groups in total. The van der Waals surface area contributed by atoms with Crippen molar-refractivity contribution in [1.82, 2.24) is 4.90 Å². The molecule has 0 saturated heterocycles. The van der Waals surface area contributed by atoms with Crippen LogP contribution in [0.15, 0.2) is 0 Å². The van der Waals surface area contributed by atoms with Gasteiger partial charge in [0.1, 0.15) is 0 Å². The summed E-state index contributed by atoms with van der Waals surface area (Å²) in [6.07, 6.45) is 23.9. The Labute approximate surface area is 180 Å². The van der Waals surface area contributed by atoms with Crippen molar-refractivity contribution in [3.63, 3.8) is 0 Å². The number of hydrogen-bond donors (Lipinski definition) is 0. The monoisotopic (exact) mass is 395 g/mol. The highest BCUT2D eigenvalue weighted by Gasteiger charge is 2.35. The first-order valence-corrected chi connectivity index (χ1v) is 13.1. The molecule has 0 aliphatic carbocycles. The van der Waals surface area contributed by atoms with Crippen LogP contribution in [0, 0.1) is 0 Å². The van der Waals surface area contributed by atoms with Gasteiger partial charge < -0.3 is 0 Å². The van der Waals surface area contributed by atoms with Crippen molar-refractivity contribution in [2.24, 2.45) is 0 Å². The van der Waals surface area contributed by atoms with Gasteiger partial charge in [0.2, 0.25) is 0 Å². The molecule has 0 atom stereocenters. The molecule has 0 aromatic rings. The summed E-state index contributed by atoms with van der Waals surface area (Å²) < 4.78 is 0. The minimum Gasteiger partial charge on any atom is -0.293 e. The minimum atomic E-state index is 0.324. The van der Waals surface area contributed by atoms with E-state index in [1.54, 1.807) is 0 Å². The largest absolute Gasteiger partial charge is 0.293 e. The Morgan fingerprint density at radius 2 is 0.750 bits per heavy atom. The van der Waals surface area contributed by atoms with E-state index in [9.17, 15) is 0 Å². The van der Waals surface area contributed by atoms with Crippen molar-refractivity contribution >= 4 is 0 Å². The predicted molar refractivity (Wildman–Crippen MR) is 130 cm³/mol. The summed E-state index contributed by atoms with van der Waals surface area (Å²) in [6, 6.07) is 0. The molecule has 0 unspecified atom stereocenters. The Morgan fingerprint density at radius 1 is 0.429 bits per heavy atom. The highest BCUT2D eigenvalue weighted by Crippen LogP contribution is 2.32. The molecule has 0 heterocycles. The fraction of sp³-hybridized carbons (Fsp3) is 1.00. The first kappa shape index (κ1) is 28.0. The lowest BCUT2D eigenvalue weighted by Crippen LogP contribution is -2.55. The minimum absolute atomic E-state index is 0.324. The van der Waals surface area contributed by atoms with Gasteiger partial charge in [-0.05, 0) is 53.5 Å². The summed E-state index contributed by atoms with van der Waals surface area (Å²) in [4.78, 5) is 2.84. The summed E-state index contributed by atoms with van der Waals surface area (Å²) in [5, 5.41) is 0. The van der Waals surface area contributed by atoms with Crippen LogP contribution >= 0.6 is 0 Å². The first-order chi connectivity index (χ1) is 13.3. The lowest BCUT2D eigenvalue weighted by atomic mass is 9.86. The molecule has 0 aliphatic heterocycles. The smallest absolute Gasteiger partial charge is 0.0158 e. The molecular formula is C27H57N. The van der Waals surface area contributed by atoms with E-state index >= 15 is 0 Å². The molecule has 0 aromatic carbocycles. The lowest BCUT2D eigenvalue weighted by molar-refractivity contribution is 0.00351. The molecule has 0 amide bonds. The van der Waals surface area contributed by atoms with Crippen molar-refractivity contribution in [2.75, 3.05) is 6.54 Å². The second-order valence-corrected chi connectivity index (χ2v) is 10.5. The Bertz CT molecular complexity index is 313. The van der Waals surface area contributed by atoms with Crippen molar-refractivity contribution in [3.8, 4) is 0 Å². The SMILES string of the molecule is CCCCCCCCCCCCCCCN(C(C)(C)CCC)C(C)(C)CCC. The van der Waals surface area contributed by atoms with Gasteiger partial charge in [-0.1, -0.05) is 111 Å². The molecule has 28 heavy (non-hydrogen) atoms. The van der Waals surface area contributed by atoms with E-state index in [4.69, 9.17) is 0 Å². The summed E-state index contributed by atoms with van der Waals surface area (Å²) >= 11 is 0. The maximum absolute atomic E-state index is 2.84. The summed E-state index contributed by atoms with van der Waals surface area (Å²) in [5.41, 5.74) is 0.648. The van der Waals surface area contributed by atoms with Crippen LogP contribution in [-0.4, -0.2) is 22.5 Å². The van der Waals surface area contributed by atoms with E-state index in [1.165, 1.54) is 116 Å². The molecule has 0 radical (unpaired) electrons. The fourth-order valence-electron chi connectivity index (χ4n) is 5.21. The molecule has 170 valence electrons. The molecule has 0 bridgehead atoms. The average Bonchev–Trinajstić information content (AvgIpc) is 2.61. The van der Waals surface area contributed by atoms with Gasteiger partial charge in [0.25, 0.3) is 0 Å². The normalized spacial score (nSPS) is 12.9. The van der Waals surface area contributed by atoms with Crippen molar-refractivity contribution in [1.29, 1.82) is 0 Å². The van der Waals surface area contributed by atoms with Crippen LogP contribution in [0.25, 0.3) is 0 Å². The van der Waals surface area contributed by atoms with Gasteiger partial charge in [-0.15, -0.1) is 0 Å². The molecule has 0 spiro atoms. The zero-order chi connectivity index (χ0) is 21.3. The molecular weight excluding hydrogens is 338 g/mol. The van der Waals surface area contributed by atoms with E-state index < -0.39 is 0 Å². The van der Waals surface area contributed by atoms with Gasteiger partial charge in [-0.3, -0.25) is 4.90 Å². The molecule has 0 rings (SSSR count). The van der Waals surface area contributed by atoms with Gasteiger partial charge in [0.15, 0.2) is 0 Å². The number of unbranched alkanes of at least 4 members (excludes halogenated alkanes) is 12. The summed E-state index contributed by atoms with van der Waals surface area (Å²) in [6.45, 7) is 18.1.